The molecule has 1 aliphatic heterocycles. The first-order valence-corrected chi connectivity index (χ1v) is 11.5. The van der Waals surface area contributed by atoms with Crippen LogP contribution < -0.4 is 5.32 Å². The molecule has 0 radical (unpaired) electrons. The van der Waals surface area contributed by atoms with Gasteiger partial charge >= 0.3 is 0 Å². The van der Waals surface area contributed by atoms with Crippen LogP contribution in [0.25, 0.3) is 0 Å². The number of nitrogens with zero attached hydrogens (tertiary/aromatic N) is 2. The van der Waals surface area contributed by atoms with Crippen LogP contribution in [0.5, 0.6) is 0 Å². The molecule has 0 spiro atoms. The molecule has 1 amide bonds. The quantitative estimate of drug-likeness (QED) is 0.616. The molecule has 0 aliphatic carbocycles. The molecule has 0 unspecified atom stereocenters. The molecule has 5 heteroatoms. The number of carbonyl (C=O) groups excluding carboxylic acids is 1. The number of hydrogen-bond donors (Lipinski definition) is 1. The number of rotatable bonds is 7. The van der Waals surface area contributed by atoms with Gasteiger partial charge in [-0.05, 0) is 36.1 Å². The third-order valence-corrected chi connectivity index (χ3v) is 6.70. The van der Waals surface area contributed by atoms with Gasteiger partial charge in [-0.3, -0.25) is 14.6 Å². The Bertz CT molecular complexity index is 906. The summed E-state index contributed by atoms with van der Waals surface area (Å²) in [4.78, 5) is 19.1. The van der Waals surface area contributed by atoms with Crippen LogP contribution >= 0.6 is 11.3 Å². The molecular weight excluding hydrogens is 390 g/mol. The van der Waals surface area contributed by atoms with Crippen LogP contribution in [-0.4, -0.2) is 47.9 Å². The van der Waals surface area contributed by atoms with Gasteiger partial charge < -0.3 is 5.32 Å². The van der Waals surface area contributed by atoms with Gasteiger partial charge in [0.05, 0.1) is 6.04 Å². The molecule has 0 saturated carbocycles. The van der Waals surface area contributed by atoms with Gasteiger partial charge in [0.1, 0.15) is 0 Å². The Labute approximate surface area is 183 Å². The average molecular weight is 420 g/mol. The van der Waals surface area contributed by atoms with E-state index in [1.807, 2.05) is 30.3 Å². The Hall–Kier alpha value is -2.47. The summed E-state index contributed by atoms with van der Waals surface area (Å²) in [6.45, 7) is 7.20. The zero-order valence-corrected chi connectivity index (χ0v) is 18.2. The van der Waals surface area contributed by atoms with Crippen LogP contribution in [0.1, 0.15) is 33.8 Å². The lowest BCUT2D eigenvalue weighted by Gasteiger charge is -2.41. The zero-order valence-electron chi connectivity index (χ0n) is 17.4. The van der Waals surface area contributed by atoms with Gasteiger partial charge in [-0.25, -0.2) is 0 Å². The van der Waals surface area contributed by atoms with E-state index in [2.05, 4.69) is 69.9 Å². The highest BCUT2D eigenvalue weighted by Gasteiger charge is 2.31. The number of piperazine rings is 1. The van der Waals surface area contributed by atoms with E-state index in [-0.39, 0.29) is 18.0 Å². The highest BCUT2D eigenvalue weighted by molar-refractivity contribution is 7.10. The van der Waals surface area contributed by atoms with Crippen LogP contribution in [-0.2, 0) is 6.54 Å². The van der Waals surface area contributed by atoms with Gasteiger partial charge in [0.2, 0.25) is 0 Å². The van der Waals surface area contributed by atoms with E-state index in [1.54, 1.807) is 11.3 Å². The SMILES string of the molecule is C[C@@H](NC(=O)c1ccccc1)[C@@H](c1cccs1)N1CCN(Cc2ccccc2)CC1. The van der Waals surface area contributed by atoms with Crippen molar-refractivity contribution in [1.29, 1.82) is 0 Å². The van der Waals surface area contributed by atoms with E-state index in [4.69, 9.17) is 0 Å². The van der Waals surface area contributed by atoms with Gasteiger partial charge in [0, 0.05) is 49.2 Å². The van der Waals surface area contributed by atoms with Gasteiger partial charge in [0.15, 0.2) is 0 Å². The average Bonchev–Trinajstić information content (AvgIpc) is 3.31. The molecule has 4 nitrogen and oxygen atoms in total. The second-order valence-electron chi connectivity index (χ2n) is 7.89. The summed E-state index contributed by atoms with van der Waals surface area (Å²) in [5.74, 6) is -0.00707. The summed E-state index contributed by atoms with van der Waals surface area (Å²) in [5, 5.41) is 5.37. The molecule has 1 saturated heterocycles. The van der Waals surface area contributed by atoms with E-state index < -0.39 is 0 Å². The Morgan fingerprint density at radius 1 is 0.933 bits per heavy atom. The number of thiophene rings is 1. The molecule has 1 aliphatic rings. The van der Waals surface area contributed by atoms with E-state index in [9.17, 15) is 4.79 Å². The van der Waals surface area contributed by atoms with E-state index in [1.165, 1.54) is 10.4 Å². The predicted molar refractivity (Wildman–Crippen MR) is 124 cm³/mol. The Balaban J connectivity index is 1.41. The topological polar surface area (TPSA) is 35.6 Å². The van der Waals surface area contributed by atoms with Crippen molar-refractivity contribution >= 4 is 17.2 Å². The molecule has 1 N–H and O–H groups in total. The van der Waals surface area contributed by atoms with E-state index in [0.29, 0.717) is 5.56 Å². The van der Waals surface area contributed by atoms with Crippen molar-refractivity contribution in [2.45, 2.75) is 25.6 Å². The largest absolute Gasteiger partial charge is 0.348 e. The molecule has 2 aromatic carbocycles. The molecule has 1 fully saturated rings. The summed E-state index contributed by atoms with van der Waals surface area (Å²) in [5.41, 5.74) is 2.08. The fraction of sp³-hybridized carbons (Fsp3) is 0.320. The van der Waals surface area contributed by atoms with Crippen molar-refractivity contribution in [2.75, 3.05) is 26.2 Å². The molecule has 1 aromatic heterocycles. The molecule has 3 aromatic rings. The third kappa shape index (κ3) is 5.17. The second-order valence-corrected chi connectivity index (χ2v) is 8.87. The smallest absolute Gasteiger partial charge is 0.251 e. The maximum absolute atomic E-state index is 12.7. The van der Waals surface area contributed by atoms with Crippen molar-refractivity contribution < 1.29 is 4.79 Å². The van der Waals surface area contributed by atoms with Crippen molar-refractivity contribution in [3.63, 3.8) is 0 Å². The maximum atomic E-state index is 12.7. The van der Waals surface area contributed by atoms with Crippen LogP contribution in [0.15, 0.2) is 78.2 Å². The molecular formula is C25H29N3OS. The van der Waals surface area contributed by atoms with Crippen molar-refractivity contribution in [2.24, 2.45) is 0 Å². The minimum Gasteiger partial charge on any atom is -0.348 e. The predicted octanol–water partition coefficient (Wildman–Crippen LogP) is 4.43. The molecule has 0 bridgehead atoms. The monoisotopic (exact) mass is 419 g/mol. The summed E-state index contributed by atoms with van der Waals surface area (Å²) in [7, 11) is 0. The lowest BCUT2D eigenvalue weighted by atomic mass is 10.0. The van der Waals surface area contributed by atoms with Gasteiger partial charge in [-0.2, -0.15) is 0 Å². The minimum absolute atomic E-state index is 0.00707. The minimum atomic E-state index is -0.00707. The zero-order chi connectivity index (χ0) is 20.8. The number of carbonyl (C=O) groups is 1. The maximum Gasteiger partial charge on any atom is 0.251 e. The standard InChI is InChI=1S/C25H29N3OS/c1-20(26-25(29)22-11-6-3-7-12-22)24(23-13-8-18-30-23)28-16-14-27(15-17-28)19-21-9-4-2-5-10-21/h2-13,18,20,24H,14-17,19H2,1H3,(H,26,29)/t20-,24+/m1/s1. The van der Waals surface area contributed by atoms with Crippen LogP contribution in [0, 0.1) is 0 Å². The molecule has 156 valence electrons. The van der Waals surface area contributed by atoms with E-state index >= 15 is 0 Å². The van der Waals surface area contributed by atoms with Crippen molar-refractivity contribution in [3.8, 4) is 0 Å². The van der Waals surface area contributed by atoms with Crippen molar-refractivity contribution in [3.05, 3.63) is 94.2 Å². The highest BCUT2D eigenvalue weighted by Crippen LogP contribution is 2.29. The second kappa shape index (κ2) is 10.0. The summed E-state index contributed by atoms with van der Waals surface area (Å²) in [6.07, 6.45) is 0. The molecule has 2 atom stereocenters. The first kappa shape index (κ1) is 20.8. The molecule has 30 heavy (non-hydrogen) atoms. The summed E-state index contributed by atoms with van der Waals surface area (Å²) < 4.78 is 0. The van der Waals surface area contributed by atoms with Gasteiger partial charge in [-0.1, -0.05) is 54.6 Å². The number of nitrogens with one attached hydrogen (secondary N) is 1. The number of benzene rings is 2. The summed E-state index contributed by atoms with van der Waals surface area (Å²) in [6, 6.07) is 24.7. The fourth-order valence-corrected chi connectivity index (χ4v) is 5.17. The first-order chi connectivity index (χ1) is 14.7. The fourth-order valence-electron chi connectivity index (χ4n) is 4.20. The van der Waals surface area contributed by atoms with Crippen molar-refractivity contribution in [1.82, 2.24) is 15.1 Å². The lowest BCUT2D eigenvalue weighted by molar-refractivity contribution is 0.0714. The third-order valence-electron chi connectivity index (χ3n) is 5.75. The lowest BCUT2D eigenvalue weighted by Crippen LogP contribution is -2.52. The Morgan fingerprint density at radius 3 is 2.23 bits per heavy atom. The molecule has 4 rings (SSSR count). The van der Waals surface area contributed by atoms with Gasteiger partial charge in [-0.15, -0.1) is 11.3 Å². The van der Waals surface area contributed by atoms with Crippen LogP contribution in [0.2, 0.25) is 0 Å². The number of amides is 1. The normalized spacial score (nSPS) is 17.4. The number of hydrogen-bond acceptors (Lipinski definition) is 4. The summed E-state index contributed by atoms with van der Waals surface area (Å²) >= 11 is 1.77. The van der Waals surface area contributed by atoms with Crippen LogP contribution in [0.4, 0.5) is 0 Å². The van der Waals surface area contributed by atoms with Gasteiger partial charge in [0.25, 0.3) is 5.91 Å². The van der Waals surface area contributed by atoms with Crippen LogP contribution in [0.3, 0.4) is 0 Å². The highest BCUT2D eigenvalue weighted by atomic mass is 32.1. The van der Waals surface area contributed by atoms with E-state index in [0.717, 1.165) is 32.7 Å². The molecule has 2 heterocycles. The Morgan fingerprint density at radius 2 is 1.60 bits per heavy atom. The Kier molecular flexibility index (Phi) is 6.95. The first-order valence-electron chi connectivity index (χ1n) is 10.6.